The summed E-state index contributed by atoms with van der Waals surface area (Å²) in [5, 5.41) is 5.39. The monoisotopic (exact) mass is 356 g/mol. The summed E-state index contributed by atoms with van der Waals surface area (Å²) in [4.78, 5) is 12.1. The summed E-state index contributed by atoms with van der Waals surface area (Å²) in [6.07, 6.45) is -4.77. The Morgan fingerprint density at radius 3 is 2.24 bits per heavy atom. The molecule has 1 unspecified atom stereocenters. The van der Waals surface area contributed by atoms with Crippen molar-refractivity contribution < 1.29 is 27.1 Å². The average molecular weight is 356 g/mol. The first-order chi connectivity index (χ1) is 11.6. The second kappa shape index (κ2) is 7.42. The van der Waals surface area contributed by atoms with E-state index in [0.29, 0.717) is 16.9 Å². The molecule has 0 aromatic heterocycles. The van der Waals surface area contributed by atoms with E-state index in [-0.39, 0.29) is 5.75 Å². The molecule has 0 fully saturated rings. The smallest absolute Gasteiger partial charge is 0.406 e. The maximum atomic E-state index is 13.5. The van der Waals surface area contributed by atoms with Crippen molar-refractivity contribution >= 4 is 17.3 Å². The maximum Gasteiger partial charge on any atom is 0.573 e. The number of hydrogen-bond acceptors (Lipinski definition) is 3. The van der Waals surface area contributed by atoms with Crippen LogP contribution in [0.25, 0.3) is 0 Å². The summed E-state index contributed by atoms with van der Waals surface area (Å²) in [7, 11) is 0. The number of carbonyl (C=O) groups is 1. The first kappa shape index (κ1) is 18.6. The Bertz CT molecular complexity index is 745. The van der Waals surface area contributed by atoms with E-state index in [1.165, 1.54) is 18.2 Å². The van der Waals surface area contributed by atoms with Crippen LogP contribution in [0.3, 0.4) is 0 Å². The molecule has 0 radical (unpaired) electrons. The van der Waals surface area contributed by atoms with Crippen molar-refractivity contribution in [3.63, 3.8) is 0 Å². The van der Waals surface area contributed by atoms with E-state index in [2.05, 4.69) is 15.4 Å². The van der Waals surface area contributed by atoms with E-state index >= 15 is 0 Å². The van der Waals surface area contributed by atoms with Crippen LogP contribution >= 0.6 is 0 Å². The van der Waals surface area contributed by atoms with Crippen LogP contribution in [0.4, 0.5) is 28.9 Å². The van der Waals surface area contributed by atoms with E-state index in [9.17, 15) is 22.4 Å². The van der Waals surface area contributed by atoms with E-state index in [1.807, 2.05) is 0 Å². The quantitative estimate of drug-likeness (QED) is 0.777. The molecule has 1 amide bonds. The topological polar surface area (TPSA) is 50.4 Å². The highest BCUT2D eigenvalue weighted by molar-refractivity contribution is 5.96. The summed E-state index contributed by atoms with van der Waals surface area (Å²) in [6, 6.07) is 8.59. The molecule has 0 aliphatic rings. The van der Waals surface area contributed by atoms with Gasteiger partial charge in [0.2, 0.25) is 5.91 Å². The summed E-state index contributed by atoms with van der Waals surface area (Å²) in [5.41, 5.74) is 1.24. The lowest BCUT2D eigenvalue weighted by Gasteiger charge is -2.16. The second-order valence-electron chi connectivity index (χ2n) is 5.39. The SMILES string of the molecule is Cc1ccc(NC(C)C(=O)Nc2ccc(OC(F)(F)F)cc2)cc1F. The largest absolute Gasteiger partial charge is 0.573 e. The van der Waals surface area contributed by atoms with Gasteiger partial charge in [-0.2, -0.15) is 0 Å². The van der Waals surface area contributed by atoms with Gasteiger partial charge < -0.3 is 15.4 Å². The standard InChI is InChI=1S/C17H16F4N2O2/c1-10-3-4-13(9-15(10)18)22-11(2)16(24)23-12-5-7-14(8-6-12)25-17(19,20)21/h3-9,11,22H,1-2H3,(H,23,24). The van der Waals surface area contributed by atoms with Crippen LogP contribution in [0.2, 0.25) is 0 Å². The van der Waals surface area contributed by atoms with Crippen molar-refractivity contribution in [2.45, 2.75) is 26.3 Å². The number of halogens is 4. The predicted octanol–water partition coefficient (Wildman–Crippen LogP) is 4.47. The zero-order valence-corrected chi connectivity index (χ0v) is 13.4. The molecular weight excluding hydrogens is 340 g/mol. The highest BCUT2D eigenvalue weighted by Crippen LogP contribution is 2.24. The van der Waals surface area contributed by atoms with Crippen molar-refractivity contribution in [2.75, 3.05) is 10.6 Å². The molecule has 1 atom stereocenters. The Labute approximate surface area is 141 Å². The van der Waals surface area contributed by atoms with Gasteiger partial charge >= 0.3 is 6.36 Å². The van der Waals surface area contributed by atoms with Gasteiger partial charge in [-0.05, 0) is 55.8 Å². The second-order valence-corrected chi connectivity index (χ2v) is 5.39. The molecule has 0 saturated heterocycles. The van der Waals surface area contributed by atoms with Crippen LogP contribution in [-0.4, -0.2) is 18.3 Å². The lowest BCUT2D eigenvalue weighted by molar-refractivity contribution is -0.274. The minimum Gasteiger partial charge on any atom is -0.406 e. The fourth-order valence-electron chi connectivity index (χ4n) is 1.99. The number of anilines is 2. The lowest BCUT2D eigenvalue weighted by Crippen LogP contribution is -2.31. The molecule has 0 saturated carbocycles. The molecule has 2 N–H and O–H groups in total. The van der Waals surface area contributed by atoms with E-state index in [4.69, 9.17) is 0 Å². The maximum absolute atomic E-state index is 13.5. The van der Waals surface area contributed by atoms with Gasteiger partial charge in [-0.1, -0.05) is 6.07 Å². The van der Waals surface area contributed by atoms with Gasteiger partial charge in [0.25, 0.3) is 0 Å². The van der Waals surface area contributed by atoms with Gasteiger partial charge in [0.05, 0.1) is 0 Å². The zero-order chi connectivity index (χ0) is 18.6. The summed E-state index contributed by atoms with van der Waals surface area (Å²) in [5.74, 6) is -1.20. The summed E-state index contributed by atoms with van der Waals surface area (Å²) >= 11 is 0. The van der Waals surface area contributed by atoms with Gasteiger partial charge in [-0.25, -0.2) is 4.39 Å². The molecule has 25 heavy (non-hydrogen) atoms. The van der Waals surface area contributed by atoms with Crippen LogP contribution in [0, 0.1) is 12.7 Å². The van der Waals surface area contributed by atoms with Gasteiger partial charge in [-0.15, -0.1) is 13.2 Å². The van der Waals surface area contributed by atoms with E-state index in [1.54, 1.807) is 26.0 Å². The number of aryl methyl sites for hydroxylation is 1. The van der Waals surface area contributed by atoms with Crippen LogP contribution in [0.5, 0.6) is 5.75 Å². The van der Waals surface area contributed by atoms with Crippen molar-refractivity contribution in [1.82, 2.24) is 0 Å². The Kier molecular flexibility index (Phi) is 5.51. The number of nitrogens with one attached hydrogen (secondary N) is 2. The molecule has 0 aliphatic carbocycles. The Hall–Kier alpha value is -2.77. The van der Waals surface area contributed by atoms with Gasteiger partial charge in [0.15, 0.2) is 0 Å². The van der Waals surface area contributed by atoms with E-state index in [0.717, 1.165) is 12.1 Å². The molecule has 134 valence electrons. The third-order valence-electron chi connectivity index (χ3n) is 3.30. The highest BCUT2D eigenvalue weighted by Gasteiger charge is 2.31. The highest BCUT2D eigenvalue weighted by atomic mass is 19.4. The Morgan fingerprint density at radius 1 is 1.08 bits per heavy atom. The third-order valence-corrected chi connectivity index (χ3v) is 3.30. The molecule has 4 nitrogen and oxygen atoms in total. The molecule has 0 spiro atoms. The van der Waals surface area contributed by atoms with Crippen LogP contribution in [0.15, 0.2) is 42.5 Å². The fraction of sp³-hybridized carbons (Fsp3) is 0.235. The number of hydrogen-bond donors (Lipinski definition) is 2. The minimum atomic E-state index is -4.77. The number of amides is 1. The van der Waals surface area contributed by atoms with Crippen LogP contribution in [-0.2, 0) is 4.79 Å². The Balaban J connectivity index is 1.95. The molecule has 2 aromatic carbocycles. The number of rotatable bonds is 5. The van der Waals surface area contributed by atoms with Crippen LogP contribution < -0.4 is 15.4 Å². The van der Waals surface area contributed by atoms with Crippen molar-refractivity contribution in [2.24, 2.45) is 0 Å². The molecule has 0 heterocycles. The molecule has 2 aromatic rings. The summed E-state index contributed by atoms with van der Waals surface area (Å²) in [6.45, 7) is 3.20. The number of carbonyl (C=O) groups excluding carboxylic acids is 1. The van der Waals surface area contributed by atoms with Crippen molar-refractivity contribution in [1.29, 1.82) is 0 Å². The zero-order valence-electron chi connectivity index (χ0n) is 13.4. The normalized spacial score (nSPS) is 12.4. The minimum absolute atomic E-state index is 0.309. The molecule has 0 bridgehead atoms. The number of ether oxygens (including phenoxy) is 1. The predicted molar refractivity (Wildman–Crippen MR) is 86.0 cm³/mol. The molecule has 2 rings (SSSR count). The van der Waals surface area contributed by atoms with E-state index < -0.39 is 24.1 Å². The molecule has 8 heteroatoms. The first-order valence-electron chi connectivity index (χ1n) is 7.33. The van der Waals surface area contributed by atoms with Crippen LogP contribution in [0.1, 0.15) is 12.5 Å². The number of benzene rings is 2. The van der Waals surface area contributed by atoms with Crippen molar-refractivity contribution in [3.8, 4) is 5.75 Å². The number of alkyl halides is 3. The molecular formula is C17H16F4N2O2. The lowest BCUT2D eigenvalue weighted by atomic mass is 10.2. The average Bonchev–Trinajstić information content (AvgIpc) is 2.51. The molecule has 0 aliphatic heterocycles. The van der Waals surface area contributed by atoms with Gasteiger partial charge in [0.1, 0.15) is 17.6 Å². The first-order valence-corrected chi connectivity index (χ1v) is 7.33. The fourth-order valence-corrected chi connectivity index (χ4v) is 1.99. The Morgan fingerprint density at radius 2 is 1.68 bits per heavy atom. The van der Waals surface area contributed by atoms with Crippen molar-refractivity contribution in [3.05, 3.63) is 53.8 Å². The van der Waals surface area contributed by atoms with Gasteiger partial charge in [0, 0.05) is 11.4 Å². The third kappa shape index (κ3) is 5.66. The van der Waals surface area contributed by atoms with Gasteiger partial charge in [-0.3, -0.25) is 4.79 Å². The summed E-state index contributed by atoms with van der Waals surface area (Å²) < 4.78 is 53.5.